The minimum atomic E-state index is -0.117. The summed E-state index contributed by atoms with van der Waals surface area (Å²) in [4.78, 5) is 17.6. The van der Waals surface area contributed by atoms with Crippen LogP contribution >= 0.6 is 39.9 Å². The highest BCUT2D eigenvalue weighted by atomic mass is 79.9. The van der Waals surface area contributed by atoms with Crippen LogP contribution in [0.3, 0.4) is 0 Å². The minimum absolute atomic E-state index is 0.117. The summed E-state index contributed by atoms with van der Waals surface area (Å²) in [7, 11) is 0. The Morgan fingerprint density at radius 3 is 2.54 bits per heavy atom. The second-order valence-electron chi connectivity index (χ2n) is 6.80. The van der Waals surface area contributed by atoms with E-state index in [0.717, 1.165) is 48.4 Å². The number of halogens is 1. The number of carbonyl (C=O) groups is 1. The number of nitrogens with zero attached hydrogens (tertiary/aromatic N) is 2. The molecule has 0 radical (unpaired) electrons. The smallest absolute Gasteiger partial charge is 0.263 e. The summed E-state index contributed by atoms with van der Waals surface area (Å²) < 4.78 is 1.51. The average molecular weight is 474 g/mol. The topological polar surface area (TPSA) is 35.6 Å². The van der Waals surface area contributed by atoms with E-state index >= 15 is 0 Å². The van der Waals surface area contributed by atoms with Crippen LogP contribution < -0.4 is 10.2 Å². The lowest BCUT2D eigenvalue weighted by Crippen LogP contribution is -2.46. The van der Waals surface area contributed by atoms with Gasteiger partial charge in [-0.15, -0.1) is 0 Å². The van der Waals surface area contributed by atoms with Gasteiger partial charge in [0, 0.05) is 48.4 Å². The standard InChI is InChI=1S/C21H20BrN3OS2/c22-17-6-7-18(16(12-17)13-19-20(26)23-21(27)28-19)25-10-8-24(9-11-25)14-15-4-2-1-3-5-15/h1-7,12-13H,8-11,14H2,(H,23,26,27)/b19-13+. The number of benzene rings is 2. The maximum atomic E-state index is 12.1. The number of nitrogens with one attached hydrogen (secondary N) is 1. The number of rotatable bonds is 4. The number of hydrogen-bond donors (Lipinski definition) is 1. The zero-order chi connectivity index (χ0) is 19.5. The van der Waals surface area contributed by atoms with Crippen molar-refractivity contribution in [2.45, 2.75) is 6.54 Å². The molecular weight excluding hydrogens is 454 g/mol. The lowest BCUT2D eigenvalue weighted by Gasteiger charge is -2.37. The zero-order valence-electron chi connectivity index (χ0n) is 15.2. The molecule has 1 N–H and O–H groups in total. The van der Waals surface area contributed by atoms with E-state index in [1.807, 2.05) is 6.08 Å². The van der Waals surface area contributed by atoms with Gasteiger partial charge in [0.2, 0.25) is 0 Å². The van der Waals surface area contributed by atoms with Crippen LogP contribution in [0.2, 0.25) is 0 Å². The SMILES string of the molecule is O=C1NC(=S)S/C1=C/c1cc(Br)ccc1N1CCN(Cc2ccccc2)CC1. The number of amides is 1. The van der Waals surface area contributed by atoms with Gasteiger partial charge in [0.1, 0.15) is 4.32 Å². The van der Waals surface area contributed by atoms with Crippen molar-refractivity contribution in [3.8, 4) is 0 Å². The van der Waals surface area contributed by atoms with Gasteiger partial charge in [0.05, 0.1) is 4.91 Å². The van der Waals surface area contributed by atoms with E-state index in [0.29, 0.717) is 9.23 Å². The molecule has 4 rings (SSSR count). The number of hydrogen-bond acceptors (Lipinski definition) is 5. The summed E-state index contributed by atoms with van der Waals surface area (Å²) in [5.41, 5.74) is 3.54. The summed E-state index contributed by atoms with van der Waals surface area (Å²) in [5.74, 6) is -0.117. The fourth-order valence-electron chi connectivity index (χ4n) is 3.48. The van der Waals surface area contributed by atoms with Crippen LogP contribution in [0.5, 0.6) is 0 Å². The lowest BCUT2D eigenvalue weighted by atomic mass is 10.1. The fourth-order valence-corrected chi connectivity index (χ4v) is 4.89. The molecule has 0 spiro atoms. The summed E-state index contributed by atoms with van der Waals surface area (Å²) in [6.45, 7) is 4.94. The van der Waals surface area contributed by atoms with Crippen molar-refractivity contribution < 1.29 is 4.79 Å². The molecule has 2 heterocycles. The van der Waals surface area contributed by atoms with Crippen molar-refractivity contribution in [2.75, 3.05) is 31.1 Å². The highest BCUT2D eigenvalue weighted by molar-refractivity contribution is 9.10. The van der Waals surface area contributed by atoms with E-state index in [1.54, 1.807) is 0 Å². The van der Waals surface area contributed by atoms with E-state index in [1.165, 1.54) is 17.3 Å². The summed E-state index contributed by atoms with van der Waals surface area (Å²) in [5, 5.41) is 2.68. The van der Waals surface area contributed by atoms with Crippen LogP contribution in [0.15, 0.2) is 57.9 Å². The van der Waals surface area contributed by atoms with Crippen LogP contribution in [0.4, 0.5) is 5.69 Å². The monoisotopic (exact) mass is 473 g/mol. The first-order chi connectivity index (χ1) is 13.6. The Kier molecular flexibility index (Phi) is 6.16. The number of carbonyl (C=O) groups excluding carboxylic acids is 1. The molecule has 0 aliphatic carbocycles. The largest absolute Gasteiger partial charge is 0.368 e. The van der Waals surface area contributed by atoms with Crippen molar-refractivity contribution in [1.82, 2.24) is 10.2 Å². The van der Waals surface area contributed by atoms with Crippen LogP contribution in [0, 0.1) is 0 Å². The van der Waals surface area contributed by atoms with E-state index in [-0.39, 0.29) is 5.91 Å². The predicted octanol–water partition coefficient (Wildman–Crippen LogP) is 4.26. The molecule has 2 aromatic carbocycles. The molecule has 0 aromatic heterocycles. The molecule has 2 aliphatic heterocycles. The highest BCUT2D eigenvalue weighted by Gasteiger charge is 2.24. The van der Waals surface area contributed by atoms with E-state index in [2.05, 4.69) is 79.6 Å². The second kappa shape index (κ2) is 8.78. The first-order valence-corrected chi connectivity index (χ1v) is 11.2. The van der Waals surface area contributed by atoms with Gasteiger partial charge in [0.15, 0.2) is 0 Å². The Bertz CT molecular complexity index is 925. The molecule has 1 amide bonds. The van der Waals surface area contributed by atoms with E-state index in [9.17, 15) is 4.79 Å². The molecule has 2 aliphatic rings. The highest BCUT2D eigenvalue weighted by Crippen LogP contribution is 2.32. The molecule has 0 bridgehead atoms. The van der Waals surface area contributed by atoms with Crippen LogP contribution in [0.1, 0.15) is 11.1 Å². The van der Waals surface area contributed by atoms with Crippen molar-refractivity contribution in [3.63, 3.8) is 0 Å². The van der Waals surface area contributed by atoms with Gasteiger partial charge in [-0.25, -0.2) is 0 Å². The van der Waals surface area contributed by atoms with E-state index < -0.39 is 0 Å². The number of thiocarbonyl (C=S) groups is 1. The van der Waals surface area contributed by atoms with Crippen LogP contribution in [0.25, 0.3) is 6.08 Å². The minimum Gasteiger partial charge on any atom is -0.368 e. The van der Waals surface area contributed by atoms with Gasteiger partial charge in [-0.2, -0.15) is 0 Å². The van der Waals surface area contributed by atoms with Gasteiger partial charge >= 0.3 is 0 Å². The molecule has 7 heteroatoms. The second-order valence-corrected chi connectivity index (χ2v) is 9.44. The van der Waals surface area contributed by atoms with Gasteiger partial charge in [-0.05, 0) is 29.8 Å². The van der Waals surface area contributed by atoms with Gasteiger partial charge in [0.25, 0.3) is 5.91 Å². The molecule has 144 valence electrons. The Balaban J connectivity index is 1.49. The maximum absolute atomic E-state index is 12.1. The predicted molar refractivity (Wildman–Crippen MR) is 124 cm³/mol. The van der Waals surface area contributed by atoms with Gasteiger partial charge in [-0.3, -0.25) is 9.69 Å². The number of anilines is 1. The summed E-state index contributed by atoms with van der Waals surface area (Å²) >= 11 is 9.98. The molecule has 2 aromatic rings. The third-order valence-corrected chi connectivity index (χ3v) is 6.54. The molecule has 4 nitrogen and oxygen atoms in total. The normalized spacial score (nSPS) is 19.3. The van der Waals surface area contributed by atoms with Crippen molar-refractivity contribution in [3.05, 3.63) is 69.0 Å². The Morgan fingerprint density at radius 1 is 1.11 bits per heavy atom. The first kappa shape index (κ1) is 19.6. The van der Waals surface area contributed by atoms with Crippen molar-refractivity contribution >= 4 is 61.9 Å². The maximum Gasteiger partial charge on any atom is 0.263 e. The first-order valence-electron chi connectivity index (χ1n) is 9.14. The quantitative estimate of drug-likeness (QED) is 0.530. The molecule has 0 unspecified atom stereocenters. The van der Waals surface area contributed by atoms with Crippen molar-refractivity contribution in [1.29, 1.82) is 0 Å². The zero-order valence-corrected chi connectivity index (χ0v) is 18.4. The van der Waals surface area contributed by atoms with Gasteiger partial charge in [-0.1, -0.05) is 70.2 Å². The average Bonchev–Trinajstić information content (AvgIpc) is 3.00. The molecule has 28 heavy (non-hydrogen) atoms. The third kappa shape index (κ3) is 4.66. The Morgan fingerprint density at radius 2 is 1.86 bits per heavy atom. The molecular formula is C21H20BrN3OS2. The Labute approximate surface area is 183 Å². The van der Waals surface area contributed by atoms with Crippen molar-refractivity contribution in [2.24, 2.45) is 0 Å². The third-order valence-electron chi connectivity index (χ3n) is 4.88. The fraction of sp³-hybridized carbons (Fsp3) is 0.238. The molecule has 2 saturated heterocycles. The van der Waals surface area contributed by atoms with E-state index in [4.69, 9.17) is 12.2 Å². The number of thioether (sulfide) groups is 1. The molecule has 0 saturated carbocycles. The lowest BCUT2D eigenvalue weighted by molar-refractivity contribution is -0.115. The number of piperazine rings is 1. The van der Waals surface area contributed by atoms with Crippen LogP contribution in [-0.2, 0) is 11.3 Å². The Hall–Kier alpha value is -1.67. The van der Waals surface area contributed by atoms with Gasteiger partial charge < -0.3 is 10.2 Å². The molecule has 2 fully saturated rings. The van der Waals surface area contributed by atoms with Crippen LogP contribution in [-0.4, -0.2) is 41.3 Å². The summed E-state index contributed by atoms with van der Waals surface area (Å²) in [6.07, 6.45) is 1.94. The molecule has 0 atom stereocenters. The summed E-state index contributed by atoms with van der Waals surface area (Å²) in [6, 6.07) is 16.8.